The Morgan fingerprint density at radius 3 is 2.56 bits per heavy atom. The Balaban J connectivity index is 2.97. The number of benzene rings is 1. The lowest BCUT2D eigenvalue weighted by Gasteiger charge is -2.25. The van der Waals surface area contributed by atoms with E-state index >= 15 is 0 Å². The summed E-state index contributed by atoms with van der Waals surface area (Å²) in [7, 11) is 0. The number of nitrogens with zero attached hydrogens (tertiary/aromatic N) is 1. The van der Waals surface area contributed by atoms with E-state index in [0.717, 1.165) is 5.56 Å². The van der Waals surface area contributed by atoms with E-state index in [1.165, 1.54) is 4.90 Å². The Labute approximate surface area is 110 Å². The Bertz CT molecular complexity index is 388. The third kappa shape index (κ3) is 4.08. The van der Waals surface area contributed by atoms with Crippen LogP contribution in [-0.2, 0) is 0 Å². The monoisotopic (exact) mass is 278 g/mol. The highest BCUT2D eigenvalue weighted by molar-refractivity contribution is 6.33. The predicted molar refractivity (Wildman–Crippen MR) is 69.4 cm³/mol. The zero-order chi connectivity index (χ0) is 13.7. The van der Waals surface area contributed by atoms with Crippen molar-refractivity contribution < 1.29 is 13.9 Å². The van der Waals surface area contributed by atoms with Gasteiger partial charge in [0.05, 0.1) is 23.9 Å². The average molecular weight is 279 g/mol. The van der Waals surface area contributed by atoms with Gasteiger partial charge in [-0.05, 0) is 24.6 Å². The fraction of sp³-hybridized carbons (Fsp3) is 0.500. The van der Waals surface area contributed by atoms with Crippen molar-refractivity contribution >= 4 is 17.3 Å². The molecule has 0 saturated heterocycles. The highest BCUT2D eigenvalue weighted by atomic mass is 35.5. The lowest BCUT2D eigenvalue weighted by atomic mass is 10.1. The van der Waals surface area contributed by atoms with Crippen LogP contribution in [0.25, 0.3) is 0 Å². The van der Waals surface area contributed by atoms with Gasteiger partial charge in [0.1, 0.15) is 0 Å². The standard InChI is InChI=1S/C12H17ClF2N2O/c1-8(16)9-2-3-11(10(13)6-9)17(4-5-18)7-12(14)15/h2-3,6,8,12,18H,4-5,7,16H2,1H3/t8-/m0/s1. The van der Waals surface area contributed by atoms with Crippen LogP contribution in [0, 0.1) is 0 Å². The minimum atomic E-state index is -2.49. The highest BCUT2D eigenvalue weighted by Crippen LogP contribution is 2.28. The molecule has 1 atom stereocenters. The van der Waals surface area contributed by atoms with E-state index in [-0.39, 0.29) is 19.2 Å². The van der Waals surface area contributed by atoms with Gasteiger partial charge in [-0.1, -0.05) is 17.7 Å². The van der Waals surface area contributed by atoms with E-state index in [1.807, 2.05) is 6.92 Å². The van der Waals surface area contributed by atoms with Crippen molar-refractivity contribution in [1.29, 1.82) is 0 Å². The summed E-state index contributed by atoms with van der Waals surface area (Å²) in [4.78, 5) is 1.36. The first-order valence-electron chi connectivity index (χ1n) is 5.64. The second-order valence-electron chi connectivity index (χ2n) is 4.06. The highest BCUT2D eigenvalue weighted by Gasteiger charge is 2.15. The van der Waals surface area contributed by atoms with Gasteiger partial charge in [0, 0.05) is 12.6 Å². The zero-order valence-corrected chi connectivity index (χ0v) is 10.9. The summed E-state index contributed by atoms with van der Waals surface area (Å²) >= 11 is 6.06. The van der Waals surface area contributed by atoms with Crippen molar-refractivity contribution in [1.82, 2.24) is 0 Å². The van der Waals surface area contributed by atoms with Crippen LogP contribution >= 0.6 is 11.6 Å². The molecule has 1 aromatic carbocycles. The van der Waals surface area contributed by atoms with Crippen LogP contribution in [0.4, 0.5) is 14.5 Å². The Morgan fingerprint density at radius 1 is 1.44 bits per heavy atom. The number of aliphatic hydroxyl groups excluding tert-OH is 1. The first kappa shape index (κ1) is 15.1. The van der Waals surface area contributed by atoms with Gasteiger partial charge in [-0.15, -0.1) is 0 Å². The lowest BCUT2D eigenvalue weighted by molar-refractivity contribution is 0.153. The average Bonchev–Trinajstić information content (AvgIpc) is 2.27. The third-order valence-electron chi connectivity index (χ3n) is 2.57. The molecule has 0 aromatic heterocycles. The summed E-state index contributed by atoms with van der Waals surface area (Å²) in [6.07, 6.45) is -2.49. The number of hydrogen-bond donors (Lipinski definition) is 2. The number of rotatable bonds is 6. The third-order valence-corrected chi connectivity index (χ3v) is 2.87. The summed E-state index contributed by atoms with van der Waals surface area (Å²) in [5.74, 6) is 0. The molecule has 0 saturated carbocycles. The molecule has 0 amide bonds. The first-order valence-corrected chi connectivity index (χ1v) is 6.02. The number of anilines is 1. The van der Waals surface area contributed by atoms with Crippen molar-refractivity contribution in [2.75, 3.05) is 24.6 Å². The molecule has 0 aliphatic carbocycles. The van der Waals surface area contributed by atoms with Crippen molar-refractivity contribution in [3.8, 4) is 0 Å². The fourth-order valence-electron chi connectivity index (χ4n) is 1.66. The van der Waals surface area contributed by atoms with Crippen LogP contribution in [-0.4, -0.2) is 31.2 Å². The Hall–Kier alpha value is -0.910. The number of halogens is 3. The number of alkyl halides is 2. The van der Waals surface area contributed by atoms with Gasteiger partial charge in [-0.2, -0.15) is 0 Å². The zero-order valence-electron chi connectivity index (χ0n) is 10.1. The normalized spacial score (nSPS) is 12.8. The topological polar surface area (TPSA) is 49.5 Å². The van der Waals surface area contributed by atoms with Crippen molar-refractivity contribution in [3.05, 3.63) is 28.8 Å². The SMILES string of the molecule is C[C@H](N)c1ccc(N(CCO)CC(F)F)c(Cl)c1. The van der Waals surface area contributed by atoms with E-state index in [9.17, 15) is 8.78 Å². The van der Waals surface area contributed by atoms with Crippen molar-refractivity contribution in [3.63, 3.8) is 0 Å². The molecule has 0 aliphatic heterocycles. The maximum Gasteiger partial charge on any atom is 0.255 e. The van der Waals surface area contributed by atoms with Crippen LogP contribution in [0.15, 0.2) is 18.2 Å². The molecule has 0 spiro atoms. The molecule has 3 nitrogen and oxygen atoms in total. The molecule has 6 heteroatoms. The first-order chi connectivity index (χ1) is 8.45. The Morgan fingerprint density at radius 2 is 2.11 bits per heavy atom. The minimum absolute atomic E-state index is 0.113. The van der Waals surface area contributed by atoms with Crippen molar-refractivity contribution in [2.24, 2.45) is 5.73 Å². The lowest BCUT2D eigenvalue weighted by Crippen LogP contribution is -2.31. The van der Waals surface area contributed by atoms with Crippen LogP contribution in [0.5, 0.6) is 0 Å². The Kier molecular flexibility index (Phi) is 5.78. The smallest absolute Gasteiger partial charge is 0.255 e. The summed E-state index contributed by atoms with van der Waals surface area (Å²) < 4.78 is 24.9. The van der Waals surface area contributed by atoms with Gasteiger partial charge in [-0.25, -0.2) is 8.78 Å². The molecule has 3 N–H and O–H groups in total. The second-order valence-corrected chi connectivity index (χ2v) is 4.47. The molecule has 0 unspecified atom stereocenters. The molecule has 0 fully saturated rings. The van der Waals surface area contributed by atoms with E-state index < -0.39 is 13.0 Å². The predicted octanol–water partition coefficient (Wildman–Crippen LogP) is 2.42. The van der Waals surface area contributed by atoms with E-state index in [4.69, 9.17) is 22.4 Å². The molecular weight excluding hydrogens is 262 g/mol. The van der Waals surface area contributed by atoms with E-state index in [1.54, 1.807) is 18.2 Å². The molecule has 0 heterocycles. The molecule has 0 radical (unpaired) electrons. The van der Waals surface area contributed by atoms with Gasteiger partial charge in [0.25, 0.3) is 6.43 Å². The molecule has 1 aromatic rings. The maximum atomic E-state index is 12.4. The molecule has 1 rings (SSSR count). The molecule has 18 heavy (non-hydrogen) atoms. The van der Waals surface area contributed by atoms with Gasteiger partial charge in [0.2, 0.25) is 0 Å². The van der Waals surface area contributed by atoms with Crippen LogP contribution in [0.1, 0.15) is 18.5 Å². The minimum Gasteiger partial charge on any atom is -0.395 e. The summed E-state index contributed by atoms with van der Waals surface area (Å²) in [6, 6.07) is 4.90. The summed E-state index contributed by atoms with van der Waals surface area (Å²) in [6.45, 7) is 1.26. The second kappa shape index (κ2) is 6.87. The van der Waals surface area contributed by atoms with E-state index in [0.29, 0.717) is 10.7 Å². The van der Waals surface area contributed by atoms with Crippen LogP contribution < -0.4 is 10.6 Å². The largest absolute Gasteiger partial charge is 0.395 e. The van der Waals surface area contributed by atoms with Crippen LogP contribution in [0.3, 0.4) is 0 Å². The summed E-state index contributed by atoms with van der Waals surface area (Å²) in [5.41, 5.74) is 7.04. The van der Waals surface area contributed by atoms with Crippen molar-refractivity contribution in [2.45, 2.75) is 19.4 Å². The molecule has 0 aliphatic rings. The number of aliphatic hydroxyl groups is 1. The molecule has 102 valence electrons. The number of nitrogens with two attached hydrogens (primary N) is 1. The van der Waals surface area contributed by atoms with Gasteiger partial charge in [-0.3, -0.25) is 0 Å². The van der Waals surface area contributed by atoms with Gasteiger partial charge < -0.3 is 15.7 Å². The molecular formula is C12H17ClF2N2O. The number of hydrogen-bond acceptors (Lipinski definition) is 3. The maximum absolute atomic E-state index is 12.4. The quantitative estimate of drug-likeness (QED) is 0.840. The van der Waals surface area contributed by atoms with Crippen LogP contribution in [0.2, 0.25) is 5.02 Å². The van der Waals surface area contributed by atoms with E-state index in [2.05, 4.69) is 0 Å². The summed E-state index contributed by atoms with van der Waals surface area (Å²) in [5, 5.41) is 9.26. The fourth-order valence-corrected chi connectivity index (χ4v) is 1.97. The molecule has 0 bridgehead atoms. The van der Waals surface area contributed by atoms with Gasteiger partial charge in [0.15, 0.2) is 0 Å². The van der Waals surface area contributed by atoms with Gasteiger partial charge >= 0.3 is 0 Å².